The summed E-state index contributed by atoms with van der Waals surface area (Å²) < 4.78 is 5.49. The smallest absolute Gasteiger partial charge is 0.307 e. The minimum absolute atomic E-state index is 0.0167. The Kier molecular flexibility index (Phi) is 3.72. The van der Waals surface area contributed by atoms with Crippen LogP contribution in [-0.4, -0.2) is 17.7 Å². The normalized spacial score (nSPS) is 10.1. The Balaban J connectivity index is 3.18. The number of aryl methyl sites for hydroxylation is 2. The molecule has 15 heavy (non-hydrogen) atoms. The quantitative estimate of drug-likeness (QED) is 0.826. The summed E-state index contributed by atoms with van der Waals surface area (Å²) in [7, 11) is 0. The van der Waals surface area contributed by atoms with Crippen LogP contribution in [0.25, 0.3) is 0 Å². The van der Waals surface area contributed by atoms with E-state index >= 15 is 0 Å². The van der Waals surface area contributed by atoms with Crippen LogP contribution in [0.15, 0.2) is 12.1 Å². The third-order valence-electron chi connectivity index (χ3n) is 2.31. The highest BCUT2D eigenvalue weighted by Crippen LogP contribution is 2.27. The molecule has 3 nitrogen and oxygen atoms in total. The van der Waals surface area contributed by atoms with Crippen LogP contribution in [-0.2, 0) is 11.2 Å². The van der Waals surface area contributed by atoms with Crippen molar-refractivity contribution in [2.75, 3.05) is 6.61 Å². The van der Waals surface area contributed by atoms with E-state index in [9.17, 15) is 4.79 Å². The molecular formula is C12H16O3. The molecule has 0 aliphatic carbocycles. The SMILES string of the molecule is CCOc1c(C)ccc(C)c1CC(=O)O. The molecule has 3 heteroatoms. The van der Waals surface area contributed by atoms with E-state index in [0.717, 1.165) is 22.4 Å². The molecule has 0 fully saturated rings. The molecular weight excluding hydrogens is 192 g/mol. The predicted molar refractivity (Wildman–Crippen MR) is 58.4 cm³/mol. The maximum Gasteiger partial charge on any atom is 0.307 e. The monoisotopic (exact) mass is 208 g/mol. The summed E-state index contributed by atoms with van der Waals surface area (Å²) >= 11 is 0. The van der Waals surface area contributed by atoms with Crippen LogP contribution in [0.4, 0.5) is 0 Å². The number of rotatable bonds is 4. The van der Waals surface area contributed by atoms with Crippen molar-refractivity contribution in [1.82, 2.24) is 0 Å². The van der Waals surface area contributed by atoms with Crippen LogP contribution >= 0.6 is 0 Å². The van der Waals surface area contributed by atoms with Gasteiger partial charge in [0, 0.05) is 5.56 Å². The molecule has 0 saturated carbocycles. The number of benzene rings is 1. The number of hydrogen-bond donors (Lipinski definition) is 1. The first-order valence-electron chi connectivity index (χ1n) is 5.00. The van der Waals surface area contributed by atoms with Gasteiger partial charge in [-0.3, -0.25) is 4.79 Å². The van der Waals surface area contributed by atoms with E-state index in [4.69, 9.17) is 9.84 Å². The first-order chi connectivity index (χ1) is 7.06. The molecule has 0 unspecified atom stereocenters. The summed E-state index contributed by atoms with van der Waals surface area (Å²) in [5, 5.41) is 8.82. The average molecular weight is 208 g/mol. The third-order valence-corrected chi connectivity index (χ3v) is 2.31. The molecule has 82 valence electrons. The van der Waals surface area contributed by atoms with Crippen molar-refractivity contribution in [3.8, 4) is 5.75 Å². The fourth-order valence-corrected chi connectivity index (χ4v) is 1.56. The molecule has 0 aromatic heterocycles. The molecule has 1 aromatic rings. The Labute approximate surface area is 89.7 Å². The van der Waals surface area contributed by atoms with Crippen LogP contribution in [0.5, 0.6) is 5.75 Å². The summed E-state index contributed by atoms with van der Waals surface area (Å²) in [5.41, 5.74) is 2.73. The molecule has 0 bridgehead atoms. The van der Waals surface area contributed by atoms with Gasteiger partial charge in [-0.15, -0.1) is 0 Å². The fraction of sp³-hybridized carbons (Fsp3) is 0.417. The van der Waals surface area contributed by atoms with Gasteiger partial charge in [0.2, 0.25) is 0 Å². The van der Waals surface area contributed by atoms with Crippen molar-refractivity contribution in [2.24, 2.45) is 0 Å². The van der Waals surface area contributed by atoms with Gasteiger partial charge in [-0.1, -0.05) is 12.1 Å². The zero-order chi connectivity index (χ0) is 11.4. The number of ether oxygens (including phenoxy) is 1. The van der Waals surface area contributed by atoms with Gasteiger partial charge >= 0.3 is 5.97 Å². The molecule has 0 aliphatic heterocycles. The summed E-state index contributed by atoms with van der Waals surface area (Å²) in [4.78, 5) is 10.7. The average Bonchev–Trinajstić information content (AvgIpc) is 2.17. The van der Waals surface area contributed by atoms with Crippen molar-refractivity contribution in [3.05, 3.63) is 28.8 Å². The number of carbonyl (C=O) groups is 1. The van der Waals surface area contributed by atoms with Crippen molar-refractivity contribution in [2.45, 2.75) is 27.2 Å². The number of carboxylic acid groups (broad SMARTS) is 1. The maximum absolute atomic E-state index is 10.7. The first-order valence-corrected chi connectivity index (χ1v) is 5.00. The Hall–Kier alpha value is -1.51. The topological polar surface area (TPSA) is 46.5 Å². The molecule has 1 aromatic carbocycles. The Morgan fingerprint density at radius 3 is 2.47 bits per heavy atom. The largest absolute Gasteiger partial charge is 0.493 e. The van der Waals surface area contributed by atoms with E-state index in [0.29, 0.717) is 6.61 Å². The van der Waals surface area contributed by atoms with Crippen LogP contribution in [0.2, 0.25) is 0 Å². The van der Waals surface area contributed by atoms with Crippen molar-refractivity contribution >= 4 is 5.97 Å². The second kappa shape index (κ2) is 4.82. The second-order valence-corrected chi connectivity index (χ2v) is 3.51. The van der Waals surface area contributed by atoms with Crippen molar-refractivity contribution in [1.29, 1.82) is 0 Å². The first kappa shape index (κ1) is 11.6. The van der Waals surface area contributed by atoms with Crippen LogP contribution in [0.1, 0.15) is 23.6 Å². The Bertz CT molecular complexity index is 369. The van der Waals surface area contributed by atoms with E-state index < -0.39 is 5.97 Å². The Morgan fingerprint density at radius 1 is 1.33 bits per heavy atom. The zero-order valence-electron chi connectivity index (χ0n) is 9.33. The lowest BCUT2D eigenvalue weighted by Gasteiger charge is -2.14. The summed E-state index contributed by atoms with van der Waals surface area (Å²) in [5.74, 6) is -0.107. The lowest BCUT2D eigenvalue weighted by Crippen LogP contribution is -2.07. The zero-order valence-corrected chi connectivity index (χ0v) is 9.33. The molecule has 0 heterocycles. The highest BCUT2D eigenvalue weighted by atomic mass is 16.5. The molecule has 1 N–H and O–H groups in total. The molecule has 0 aliphatic rings. The van der Waals surface area contributed by atoms with Crippen molar-refractivity contribution < 1.29 is 14.6 Å². The van der Waals surface area contributed by atoms with E-state index in [1.807, 2.05) is 32.9 Å². The van der Waals surface area contributed by atoms with Crippen LogP contribution in [0.3, 0.4) is 0 Å². The van der Waals surface area contributed by atoms with Gasteiger partial charge in [-0.25, -0.2) is 0 Å². The molecule has 0 radical (unpaired) electrons. The second-order valence-electron chi connectivity index (χ2n) is 3.51. The molecule has 1 rings (SSSR count). The van der Waals surface area contributed by atoms with E-state index in [2.05, 4.69) is 0 Å². The highest BCUT2D eigenvalue weighted by Gasteiger charge is 2.12. The lowest BCUT2D eigenvalue weighted by atomic mass is 10.0. The summed E-state index contributed by atoms with van der Waals surface area (Å²) in [6.45, 7) is 6.28. The van der Waals surface area contributed by atoms with E-state index in [-0.39, 0.29) is 6.42 Å². The predicted octanol–water partition coefficient (Wildman–Crippen LogP) is 2.33. The van der Waals surface area contributed by atoms with Gasteiger partial charge in [0.05, 0.1) is 13.0 Å². The third kappa shape index (κ3) is 2.72. The van der Waals surface area contributed by atoms with E-state index in [1.54, 1.807) is 0 Å². The van der Waals surface area contributed by atoms with E-state index in [1.165, 1.54) is 0 Å². The minimum Gasteiger partial charge on any atom is -0.493 e. The maximum atomic E-state index is 10.7. The number of hydrogen-bond acceptors (Lipinski definition) is 2. The van der Waals surface area contributed by atoms with Crippen LogP contribution in [0, 0.1) is 13.8 Å². The minimum atomic E-state index is -0.829. The lowest BCUT2D eigenvalue weighted by molar-refractivity contribution is -0.136. The number of aliphatic carboxylic acids is 1. The Morgan fingerprint density at radius 2 is 1.93 bits per heavy atom. The van der Waals surface area contributed by atoms with Gasteiger partial charge in [-0.2, -0.15) is 0 Å². The highest BCUT2D eigenvalue weighted by molar-refractivity contribution is 5.72. The molecule has 0 spiro atoms. The fourth-order valence-electron chi connectivity index (χ4n) is 1.56. The summed E-state index contributed by atoms with van der Waals surface area (Å²) in [6.07, 6.45) is 0.0167. The van der Waals surface area contributed by atoms with Gasteiger partial charge in [0.15, 0.2) is 0 Å². The van der Waals surface area contributed by atoms with Crippen molar-refractivity contribution in [3.63, 3.8) is 0 Å². The van der Waals surface area contributed by atoms with Gasteiger partial charge in [-0.05, 0) is 31.9 Å². The molecule has 0 amide bonds. The number of carboxylic acids is 1. The van der Waals surface area contributed by atoms with Gasteiger partial charge in [0.25, 0.3) is 0 Å². The van der Waals surface area contributed by atoms with Gasteiger partial charge < -0.3 is 9.84 Å². The standard InChI is InChI=1S/C12H16O3/c1-4-15-12-9(3)6-5-8(2)10(12)7-11(13)14/h5-6H,4,7H2,1-3H3,(H,13,14). The molecule has 0 atom stereocenters. The summed E-state index contributed by atoms with van der Waals surface area (Å²) in [6, 6.07) is 3.88. The van der Waals surface area contributed by atoms with Gasteiger partial charge in [0.1, 0.15) is 5.75 Å². The van der Waals surface area contributed by atoms with Crippen LogP contribution < -0.4 is 4.74 Å². The molecule has 0 saturated heterocycles.